The van der Waals surface area contributed by atoms with Crippen LogP contribution in [0, 0.1) is 5.41 Å². The predicted octanol–water partition coefficient (Wildman–Crippen LogP) is 3.70. The number of halogens is 1. The molecule has 0 spiro atoms. The SMILES string of the molecule is CCC(c1cccc(Br)c1)N1CCC(C)(C(=O)O)C1. The van der Waals surface area contributed by atoms with E-state index < -0.39 is 11.4 Å². The first-order chi connectivity index (χ1) is 8.96. The maximum Gasteiger partial charge on any atom is 0.310 e. The Morgan fingerprint density at radius 1 is 1.58 bits per heavy atom. The highest BCUT2D eigenvalue weighted by atomic mass is 79.9. The number of hydrogen-bond acceptors (Lipinski definition) is 2. The highest BCUT2D eigenvalue weighted by molar-refractivity contribution is 9.10. The largest absolute Gasteiger partial charge is 0.481 e. The summed E-state index contributed by atoms with van der Waals surface area (Å²) < 4.78 is 1.07. The molecular weight excluding hydrogens is 306 g/mol. The second-order valence-electron chi connectivity index (χ2n) is 5.57. The third-order valence-corrected chi connectivity index (χ3v) is 4.57. The molecule has 2 atom stereocenters. The number of carboxylic acid groups (broad SMARTS) is 1. The van der Waals surface area contributed by atoms with Gasteiger partial charge >= 0.3 is 5.97 Å². The molecular formula is C15H20BrNO2. The van der Waals surface area contributed by atoms with E-state index in [2.05, 4.69) is 39.9 Å². The van der Waals surface area contributed by atoms with Crippen LogP contribution >= 0.6 is 15.9 Å². The molecule has 0 aromatic heterocycles. The lowest BCUT2D eigenvalue weighted by Gasteiger charge is -2.28. The topological polar surface area (TPSA) is 40.5 Å². The predicted molar refractivity (Wildman–Crippen MR) is 79.1 cm³/mol. The summed E-state index contributed by atoms with van der Waals surface area (Å²) in [5.74, 6) is -0.681. The molecule has 1 aliphatic rings. The maximum absolute atomic E-state index is 11.3. The Morgan fingerprint density at radius 2 is 2.32 bits per heavy atom. The third-order valence-electron chi connectivity index (χ3n) is 4.08. The lowest BCUT2D eigenvalue weighted by Crippen LogP contribution is -2.33. The summed E-state index contributed by atoms with van der Waals surface area (Å²) in [7, 11) is 0. The molecule has 1 saturated heterocycles. The Bertz CT molecular complexity index is 477. The zero-order chi connectivity index (χ0) is 14.0. The molecule has 0 amide bonds. The number of likely N-dealkylation sites (tertiary alicyclic amines) is 1. The van der Waals surface area contributed by atoms with E-state index in [1.807, 2.05) is 19.1 Å². The van der Waals surface area contributed by atoms with Crippen LogP contribution in [0.2, 0.25) is 0 Å². The molecule has 0 bridgehead atoms. The van der Waals surface area contributed by atoms with E-state index >= 15 is 0 Å². The van der Waals surface area contributed by atoms with Gasteiger partial charge in [0.05, 0.1) is 5.41 Å². The van der Waals surface area contributed by atoms with Crippen molar-refractivity contribution in [2.45, 2.75) is 32.7 Å². The summed E-state index contributed by atoms with van der Waals surface area (Å²) in [6.45, 7) is 5.49. The van der Waals surface area contributed by atoms with Gasteiger partial charge in [-0.3, -0.25) is 9.69 Å². The maximum atomic E-state index is 11.3. The molecule has 2 rings (SSSR count). The monoisotopic (exact) mass is 325 g/mol. The summed E-state index contributed by atoms with van der Waals surface area (Å²) >= 11 is 3.50. The molecule has 2 unspecified atom stereocenters. The number of benzene rings is 1. The van der Waals surface area contributed by atoms with Gasteiger partial charge in [0.1, 0.15) is 0 Å². The van der Waals surface area contributed by atoms with Crippen LogP contribution in [-0.4, -0.2) is 29.1 Å². The average Bonchev–Trinajstić information content (AvgIpc) is 2.74. The first kappa shape index (κ1) is 14.5. The number of carboxylic acids is 1. The van der Waals surface area contributed by atoms with Gasteiger partial charge in [-0.1, -0.05) is 35.0 Å². The Hall–Kier alpha value is -0.870. The molecule has 3 nitrogen and oxygen atoms in total. The number of nitrogens with zero attached hydrogens (tertiary/aromatic N) is 1. The smallest absolute Gasteiger partial charge is 0.310 e. The van der Waals surface area contributed by atoms with E-state index in [4.69, 9.17) is 0 Å². The van der Waals surface area contributed by atoms with E-state index in [-0.39, 0.29) is 0 Å². The summed E-state index contributed by atoms with van der Waals surface area (Å²) in [6, 6.07) is 8.61. The summed E-state index contributed by atoms with van der Waals surface area (Å²) in [4.78, 5) is 13.6. The second kappa shape index (κ2) is 5.63. The van der Waals surface area contributed by atoms with Crippen LogP contribution in [0.5, 0.6) is 0 Å². The zero-order valence-electron chi connectivity index (χ0n) is 11.4. The minimum absolute atomic E-state index is 0.304. The van der Waals surface area contributed by atoms with Crippen molar-refractivity contribution in [2.75, 3.05) is 13.1 Å². The van der Waals surface area contributed by atoms with E-state index in [0.29, 0.717) is 12.6 Å². The van der Waals surface area contributed by atoms with E-state index in [1.165, 1.54) is 5.56 Å². The fraction of sp³-hybridized carbons (Fsp3) is 0.533. The van der Waals surface area contributed by atoms with Crippen LogP contribution in [0.25, 0.3) is 0 Å². The first-order valence-electron chi connectivity index (χ1n) is 6.69. The standard InChI is InChI=1S/C15H20BrNO2/c1-3-13(11-5-4-6-12(16)9-11)17-8-7-15(2,10-17)14(18)19/h4-6,9,13H,3,7-8,10H2,1-2H3,(H,18,19). The quantitative estimate of drug-likeness (QED) is 0.917. The molecule has 4 heteroatoms. The Morgan fingerprint density at radius 3 is 2.84 bits per heavy atom. The van der Waals surface area contributed by atoms with E-state index in [9.17, 15) is 9.90 Å². The van der Waals surface area contributed by atoms with Crippen molar-refractivity contribution >= 4 is 21.9 Å². The van der Waals surface area contributed by atoms with Crippen molar-refractivity contribution in [3.05, 3.63) is 34.3 Å². The summed E-state index contributed by atoms with van der Waals surface area (Å²) in [5, 5.41) is 9.33. The van der Waals surface area contributed by atoms with Crippen molar-refractivity contribution in [1.29, 1.82) is 0 Å². The summed E-state index contributed by atoms with van der Waals surface area (Å²) in [5.41, 5.74) is 0.658. The van der Waals surface area contributed by atoms with E-state index in [0.717, 1.165) is 23.9 Å². The molecule has 0 radical (unpaired) electrons. The van der Waals surface area contributed by atoms with Crippen molar-refractivity contribution < 1.29 is 9.90 Å². The van der Waals surface area contributed by atoms with Crippen molar-refractivity contribution in [1.82, 2.24) is 4.90 Å². The minimum atomic E-state index is -0.681. The lowest BCUT2D eigenvalue weighted by molar-refractivity contribution is -0.147. The number of hydrogen-bond donors (Lipinski definition) is 1. The van der Waals surface area contributed by atoms with Crippen molar-refractivity contribution in [3.63, 3.8) is 0 Å². The highest BCUT2D eigenvalue weighted by Gasteiger charge is 2.42. The molecule has 1 N–H and O–H groups in total. The minimum Gasteiger partial charge on any atom is -0.481 e. The van der Waals surface area contributed by atoms with Crippen LogP contribution in [0.1, 0.15) is 38.3 Å². The summed E-state index contributed by atoms with van der Waals surface area (Å²) in [6.07, 6.45) is 1.72. The lowest BCUT2D eigenvalue weighted by atomic mass is 9.90. The van der Waals surface area contributed by atoms with Crippen LogP contribution in [-0.2, 0) is 4.79 Å². The van der Waals surface area contributed by atoms with Gasteiger partial charge in [-0.25, -0.2) is 0 Å². The molecule has 1 fully saturated rings. The van der Waals surface area contributed by atoms with Gasteiger partial charge < -0.3 is 5.11 Å². The van der Waals surface area contributed by atoms with Crippen LogP contribution in [0.15, 0.2) is 28.7 Å². The van der Waals surface area contributed by atoms with Crippen LogP contribution in [0.3, 0.4) is 0 Å². The van der Waals surface area contributed by atoms with Crippen LogP contribution < -0.4 is 0 Å². The van der Waals surface area contributed by atoms with Gasteiger partial charge in [0, 0.05) is 17.1 Å². The molecule has 0 saturated carbocycles. The number of rotatable bonds is 4. The Balaban J connectivity index is 2.18. The second-order valence-corrected chi connectivity index (χ2v) is 6.48. The van der Waals surface area contributed by atoms with Crippen LogP contribution in [0.4, 0.5) is 0 Å². The fourth-order valence-corrected chi connectivity index (χ4v) is 3.27. The normalized spacial score (nSPS) is 25.4. The first-order valence-corrected chi connectivity index (χ1v) is 7.48. The van der Waals surface area contributed by atoms with E-state index in [1.54, 1.807) is 0 Å². The molecule has 0 aliphatic carbocycles. The van der Waals surface area contributed by atoms with Gasteiger partial charge in [0.2, 0.25) is 0 Å². The Labute approximate surface area is 122 Å². The van der Waals surface area contributed by atoms with Crippen molar-refractivity contribution in [2.24, 2.45) is 5.41 Å². The van der Waals surface area contributed by atoms with Gasteiger partial charge in [0.25, 0.3) is 0 Å². The molecule has 1 heterocycles. The number of carbonyl (C=O) groups is 1. The number of aliphatic carboxylic acids is 1. The van der Waals surface area contributed by atoms with Gasteiger partial charge in [-0.15, -0.1) is 0 Å². The average molecular weight is 326 g/mol. The third kappa shape index (κ3) is 3.00. The zero-order valence-corrected chi connectivity index (χ0v) is 13.0. The molecule has 19 heavy (non-hydrogen) atoms. The molecule has 1 aliphatic heterocycles. The highest BCUT2D eigenvalue weighted by Crippen LogP contribution is 2.37. The molecule has 1 aromatic rings. The van der Waals surface area contributed by atoms with Gasteiger partial charge in [-0.2, -0.15) is 0 Å². The molecule has 1 aromatic carbocycles. The van der Waals surface area contributed by atoms with Gasteiger partial charge in [-0.05, 0) is 44.0 Å². The van der Waals surface area contributed by atoms with Gasteiger partial charge in [0.15, 0.2) is 0 Å². The molecule has 104 valence electrons. The Kier molecular flexibility index (Phi) is 4.31. The fourth-order valence-electron chi connectivity index (χ4n) is 2.86. The van der Waals surface area contributed by atoms with Crippen molar-refractivity contribution in [3.8, 4) is 0 Å².